The second kappa shape index (κ2) is 7.91. The van der Waals surface area contributed by atoms with Gasteiger partial charge in [-0.2, -0.15) is 5.10 Å². The summed E-state index contributed by atoms with van der Waals surface area (Å²) in [6, 6.07) is 11.1. The van der Waals surface area contributed by atoms with Crippen LogP contribution in [-0.2, 0) is 7.05 Å². The van der Waals surface area contributed by atoms with Crippen molar-refractivity contribution in [1.82, 2.24) is 29.7 Å². The number of fused-ring (bicyclic) bond motifs is 1. The molecule has 0 N–H and O–H groups in total. The van der Waals surface area contributed by atoms with Crippen LogP contribution in [0.1, 0.15) is 51.8 Å². The Labute approximate surface area is 189 Å². The lowest BCUT2D eigenvalue weighted by Gasteiger charge is -2.39. The van der Waals surface area contributed by atoms with E-state index in [-0.39, 0.29) is 29.2 Å². The molecule has 0 bridgehead atoms. The summed E-state index contributed by atoms with van der Waals surface area (Å²) < 4.78 is 30.4. The molecule has 5 rings (SSSR count). The van der Waals surface area contributed by atoms with Crippen LogP contribution < -0.4 is 0 Å². The number of aromatic nitrogens is 5. The number of benzene rings is 2. The molecule has 1 aliphatic rings. The number of rotatable bonds is 3. The zero-order chi connectivity index (χ0) is 23.3. The first-order chi connectivity index (χ1) is 15.8. The molecule has 9 heteroatoms. The van der Waals surface area contributed by atoms with E-state index in [0.29, 0.717) is 6.54 Å². The third kappa shape index (κ3) is 3.49. The second-order valence-corrected chi connectivity index (χ2v) is 8.27. The summed E-state index contributed by atoms with van der Waals surface area (Å²) in [5, 5.41) is 12.3. The van der Waals surface area contributed by atoms with Gasteiger partial charge >= 0.3 is 0 Å². The Hall–Kier alpha value is -3.88. The van der Waals surface area contributed by atoms with E-state index in [1.807, 2.05) is 50.0 Å². The van der Waals surface area contributed by atoms with Crippen LogP contribution in [0.2, 0.25) is 0 Å². The third-order valence-corrected chi connectivity index (χ3v) is 6.45. The van der Waals surface area contributed by atoms with Gasteiger partial charge in [-0.3, -0.25) is 9.48 Å². The van der Waals surface area contributed by atoms with Crippen LogP contribution in [0.15, 0.2) is 54.9 Å². The lowest BCUT2D eigenvalue weighted by atomic mass is 9.82. The predicted molar refractivity (Wildman–Crippen MR) is 117 cm³/mol. The highest BCUT2D eigenvalue weighted by atomic mass is 19.1. The molecule has 0 saturated carbocycles. The van der Waals surface area contributed by atoms with E-state index in [2.05, 4.69) is 21.5 Å². The lowest BCUT2D eigenvalue weighted by molar-refractivity contribution is 0.0658. The fourth-order valence-electron chi connectivity index (χ4n) is 4.51. The molecule has 0 unspecified atom stereocenters. The minimum atomic E-state index is -0.786. The molecule has 2 atom stereocenters. The first kappa shape index (κ1) is 21.0. The highest BCUT2D eigenvalue weighted by Gasteiger charge is 2.36. The normalized spacial score (nSPS) is 17.8. The summed E-state index contributed by atoms with van der Waals surface area (Å²) in [5.74, 6) is -1.83. The van der Waals surface area contributed by atoms with E-state index in [4.69, 9.17) is 0 Å². The van der Waals surface area contributed by atoms with Crippen molar-refractivity contribution in [3.05, 3.63) is 94.6 Å². The fraction of sp³-hybridized carbons (Fsp3) is 0.250. The first-order valence-corrected chi connectivity index (χ1v) is 10.6. The van der Waals surface area contributed by atoms with Crippen LogP contribution in [0.4, 0.5) is 8.78 Å². The maximum absolute atomic E-state index is 14.2. The zero-order valence-corrected chi connectivity index (χ0v) is 18.4. The Kier molecular flexibility index (Phi) is 5.03. The van der Waals surface area contributed by atoms with Gasteiger partial charge in [0, 0.05) is 36.8 Å². The van der Waals surface area contributed by atoms with E-state index in [0.717, 1.165) is 33.6 Å². The molecule has 0 fully saturated rings. The number of carbonyl (C=O) groups is 1. The van der Waals surface area contributed by atoms with Gasteiger partial charge in [0.2, 0.25) is 0 Å². The van der Waals surface area contributed by atoms with Gasteiger partial charge in [0.1, 0.15) is 11.5 Å². The molecule has 33 heavy (non-hydrogen) atoms. The van der Waals surface area contributed by atoms with Gasteiger partial charge in [-0.25, -0.2) is 13.5 Å². The van der Waals surface area contributed by atoms with Crippen LogP contribution in [0, 0.1) is 18.6 Å². The Morgan fingerprint density at radius 3 is 2.55 bits per heavy atom. The highest BCUT2D eigenvalue weighted by molar-refractivity contribution is 5.92. The van der Waals surface area contributed by atoms with Crippen LogP contribution in [-0.4, -0.2) is 42.1 Å². The Morgan fingerprint density at radius 1 is 1.09 bits per heavy atom. The van der Waals surface area contributed by atoms with E-state index in [9.17, 15) is 13.6 Å². The molecule has 3 heterocycles. The number of nitrogens with zero attached hydrogens (tertiary/aromatic N) is 6. The van der Waals surface area contributed by atoms with Crippen LogP contribution in [0.25, 0.3) is 5.69 Å². The highest BCUT2D eigenvalue weighted by Crippen LogP contribution is 2.40. The molecule has 2 aromatic heterocycles. The molecule has 4 aromatic rings. The molecule has 0 spiro atoms. The summed E-state index contributed by atoms with van der Waals surface area (Å²) in [6.07, 6.45) is 3.22. The maximum atomic E-state index is 14.2. The molecule has 0 saturated heterocycles. The number of amides is 1. The molecule has 1 amide bonds. The quantitative estimate of drug-likeness (QED) is 0.476. The average Bonchev–Trinajstić information content (AvgIpc) is 3.41. The number of hydrogen-bond donors (Lipinski definition) is 0. The maximum Gasteiger partial charge on any atom is 0.276 e. The number of carbonyl (C=O) groups excluding carboxylic acids is 1. The Bertz CT molecular complexity index is 1360. The molecule has 0 radical (unpaired) electrons. The molecule has 0 aliphatic carbocycles. The van der Waals surface area contributed by atoms with E-state index >= 15 is 0 Å². The monoisotopic (exact) mass is 448 g/mol. The number of hydrogen-bond acceptors (Lipinski definition) is 4. The second-order valence-electron chi connectivity index (χ2n) is 8.27. The average molecular weight is 448 g/mol. The van der Waals surface area contributed by atoms with Gasteiger partial charge in [0.25, 0.3) is 5.91 Å². The molecule has 2 aromatic carbocycles. The van der Waals surface area contributed by atoms with E-state index in [1.54, 1.807) is 4.90 Å². The van der Waals surface area contributed by atoms with Crippen molar-refractivity contribution in [3.8, 4) is 5.69 Å². The summed E-state index contributed by atoms with van der Waals surface area (Å²) in [4.78, 5) is 15.3. The van der Waals surface area contributed by atoms with Gasteiger partial charge in [-0.1, -0.05) is 29.5 Å². The van der Waals surface area contributed by atoms with Crippen molar-refractivity contribution >= 4 is 5.91 Å². The molecular weight excluding hydrogens is 426 g/mol. The van der Waals surface area contributed by atoms with Crippen molar-refractivity contribution in [2.24, 2.45) is 7.05 Å². The van der Waals surface area contributed by atoms with Crippen molar-refractivity contribution in [1.29, 1.82) is 0 Å². The summed E-state index contributed by atoms with van der Waals surface area (Å²) in [5.41, 5.74) is 4.43. The van der Waals surface area contributed by atoms with E-state index in [1.165, 1.54) is 17.8 Å². The first-order valence-electron chi connectivity index (χ1n) is 10.6. The van der Waals surface area contributed by atoms with E-state index < -0.39 is 11.6 Å². The third-order valence-electron chi connectivity index (χ3n) is 6.45. The molecule has 1 aliphatic heterocycles. The zero-order valence-electron chi connectivity index (χ0n) is 18.4. The van der Waals surface area contributed by atoms with Crippen molar-refractivity contribution in [3.63, 3.8) is 0 Å². The molecular formula is C24H22F2N6O. The topological polar surface area (TPSA) is 68.8 Å². The van der Waals surface area contributed by atoms with Gasteiger partial charge in [0.15, 0.2) is 11.5 Å². The standard InChI is InChI=1S/C24H22F2N6O/c1-14-19(11-27-30(14)3)20-12-31(15(2)17-6-4-5-7-18(17)20)24(33)22-13-32(29-28-22)23-9-8-16(25)10-21(23)26/h4-11,13,15,20H,12H2,1-3H3/t15-,20-/m0/s1. The minimum Gasteiger partial charge on any atom is -0.329 e. The number of halogens is 2. The lowest BCUT2D eigenvalue weighted by Crippen LogP contribution is -2.41. The fourth-order valence-corrected chi connectivity index (χ4v) is 4.51. The summed E-state index contributed by atoms with van der Waals surface area (Å²) in [7, 11) is 1.89. The van der Waals surface area contributed by atoms with Crippen LogP contribution in [0.3, 0.4) is 0 Å². The largest absolute Gasteiger partial charge is 0.329 e. The van der Waals surface area contributed by atoms with Gasteiger partial charge in [-0.15, -0.1) is 5.10 Å². The minimum absolute atomic E-state index is 0.0175. The van der Waals surface area contributed by atoms with Gasteiger partial charge in [-0.05, 0) is 37.1 Å². The number of aryl methyl sites for hydroxylation is 1. The van der Waals surface area contributed by atoms with Crippen molar-refractivity contribution in [2.45, 2.75) is 25.8 Å². The summed E-state index contributed by atoms with van der Waals surface area (Å²) >= 11 is 0. The molecule has 7 nitrogen and oxygen atoms in total. The van der Waals surface area contributed by atoms with Crippen molar-refractivity contribution in [2.75, 3.05) is 6.54 Å². The smallest absolute Gasteiger partial charge is 0.276 e. The predicted octanol–water partition coefficient (Wildman–Crippen LogP) is 3.94. The van der Waals surface area contributed by atoms with Gasteiger partial charge < -0.3 is 4.90 Å². The van der Waals surface area contributed by atoms with Crippen LogP contribution in [0.5, 0.6) is 0 Å². The Morgan fingerprint density at radius 2 is 1.85 bits per heavy atom. The van der Waals surface area contributed by atoms with Gasteiger partial charge in [0.05, 0.1) is 18.4 Å². The van der Waals surface area contributed by atoms with Crippen molar-refractivity contribution < 1.29 is 13.6 Å². The molecule has 168 valence electrons. The summed E-state index contributed by atoms with van der Waals surface area (Å²) in [6.45, 7) is 4.44. The Balaban J connectivity index is 1.51. The van der Waals surface area contributed by atoms with Crippen LogP contribution >= 0.6 is 0 Å². The SMILES string of the molecule is Cc1c([C@H]2CN(C(=O)c3cn(-c4ccc(F)cc4F)nn3)[C@@H](C)c3ccccc32)cnn1C.